The largest absolute Gasteiger partial charge is 0.458 e. The fourth-order valence-corrected chi connectivity index (χ4v) is 3.25. The van der Waals surface area contributed by atoms with Crippen molar-refractivity contribution >= 4 is 40.8 Å². The second-order valence-corrected chi connectivity index (χ2v) is 7.31. The van der Waals surface area contributed by atoms with Crippen molar-refractivity contribution in [3.05, 3.63) is 0 Å². The van der Waals surface area contributed by atoms with Crippen molar-refractivity contribution in [1.82, 2.24) is 0 Å². The number of carbonyl (C=O) groups is 1. The molecule has 2 fully saturated rings. The number of epoxide rings is 1. The Labute approximate surface area is 109 Å². The summed E-state index contributed by atoms with van der Waals surface area (Å²) >= 11 is 18.3. The number of carbonyl (C=O) groups excluding carboxylic acids is 1. The lowest BCUT2D eigenvalue weighted by Gasteiger charge is -2.26. The highest BCUT2D eigenvalue weighted by Crippen LogP contribution is 2.70. The lowest BCUT2D eigenvalue weighted by atomic mass is 10.1. The van der Waals surface area contributed by atoms with E-state index in [1.807, 2.05) is 0 Å². The zero-order valence-electron chi connectivity index (χ0n) is 9.27. The first kappa shape index (κ1) is 12.7. The number of hydrogen-bond donors (Lipinski definition) is 0. The van der Waals surface area contributed by atoms with Gasteiger partial charge in [0.2, 0.25) is 5.60 Å². The van der Waals surface area contributed by atoms with E-state index in [9.17, 15) is 4.79 Å². The Bertz CT molecular complexity index is 350. The van der Waals surface area contributed by atoms with Crippen LogP contribution in [-0.4, -0.2) is 26.6 Å². The predicted molar refractivity (Wildman–Crippen MR) is 61.9 cm³/mol. The van der Waals surface area contributed by atoms with Gasteiger partial charge in [0.1, 0.15) is 5.60 Å². The minimum Gasteiger partial charge on any atom is -0.458 e. The quantitative estimate of drug-likeness (QED) is 0.423. The lowest BCUT2D eigenvalue weighted by Crippen LogP contribution is -2.45. The van der Waals surface area contributed by atoms with E-state index in [1.54, 1.807) is 20.8 Å². The van der Waals surface area contributed by atoms with Crippen LogP contribution < -0.4 is 0 Å². The van der Waals surface area contributed by atoms with Crippen molar-refractivity contribution in [3.63, 3.8) is 0 Å². The first-order chi connectivity index (χ1) is 7.04. The molecule has 16 heavy (non-hydrogen) atoms. The van der Waals surface area contributed by atoms with E-state index in [1.165, 1.54) is 0 Å². The fourth-order valence-electron chi connectivity index (χ4n) is 1.98. The van der Waals surface area contributed by atoms with E-state index in [4.69, 9.17) is 44.3 Å². The first-order valence-corrected chi connectivity index (χ1v) is 6.18. The number of fused-ring (bicyclic) bond motifs is 1. The number of rotatable bonds is 1. The van der Waals surface area contributed by atoms with E-state index in [0.29, 0.717) is 12.8 Å². The summed E-state index contributed by atoms with van der Waals surface area (Å²) in [7, 11) is 0. The molecule has 0 N–H and O–H groups in total. The van der Waals surface area contributed by atoms with Crippen LogP contribution in [0.4, 0.5) is 0 Å². The Morgan fingerprint density at radius 2 is 1.81 bits per heavy atom. The normalized spacial score (nSPS) is 40.4. The summed E-state index contributed by atoms with van der Waals surface area (Å²) in [5, 5.41) is -1.08. The van der Waals surface area contributed by atoms with Crippen molar-refractivity contribution in [2.75, 3.05) is 0 Å². The van der Waals surface area contributed by atoms with E-state index in [2.05, 4.69) is 0 Å². The Balaban J connectivity index is 2.24. The summed E-state index contributed by atoms with van der Waals surface area (Å²) in [5.41, 5.74) is -2.03. The van der Waals surface area contributed by atoms with Crippen LogP contribution in [0.15, 0.2) is 0 Å². The topological polar surface area (TPSA) is 38.8 Å². The van der Waals surface area contributed by atoms with Gasteiger partial charge in [-0.15, -0.1) is 0 Å². The van der Waals surface area contributed by atoms with Crippen molar-refractivity contribution in [1.29, 1.82) is 0 Å². The molecule has 2 atom stereocenters. The molecule has 0 aromatic carbocycles. The van der Waals surface area contributed by atoms with Gasteiger partial charge in [-0.3, -0.25) is 0 Å². The van der Waals surface area contributed by atoms with Crippen LogP contribution in [0.3, 0.4) is 0 Å². The minimum absolute atomic E-state index is 0.416. The Kier molecular flexibility index (Phi) is 2.54. The summed E-state index contributed by atoms with van der Waals surface area (Å²) in [6.07, 6.45) is 0.861. The third-order valence-electron chi connectivity index (χ3n) is 2.76. The van der Waals surface area contributed by atoms with E-state index >= 15 is 0 Å². The number of halogens is 3. The minimum atomic E-state index is -1.40. The van der Waals surface area contributed by atoms with Crippen LogP contribution in [-0.2, 0) is 14.3 Å². The first-order valence-electron chi connectivity index (χ1n) is 5.04. The summed E-state index contributed by atoms with van der Waals surface area (Å²) in [6, 6.07) is 0. The van der Waals surface area contributed by atoms with E-state index in [-0.39, 0.29) is 0 Å². The molecule has 1 saturated heterocycles. The average Bonchev–Trinajstić information content (AvgIpc) is 2.63. The molecule has 1 saturated carbocycles. The Morgan fingerprint density at radius 3 is 2.12 bits per heavy atom. The summed E-state index contributed by atoms with van der Waals surface area (Å²) < 4.78 is 9.22. The third-order valence-corrected chi connectivity index (χ3v) is 4.20. The predicted octanol–water partition coefficient (Wildman–Crippen LogP) is 3.00. The molecule has 6 heteroatoms. The molecule has 92 valence electrons. The molecule has 2 aliphatic rings. The van der Waals surface area contributed by atoms with Gasteiger partial charge in [0, 0.05) is 0 Å². The second-order valence-electron chi connectivity index (χ2n) is 5.22. The molecule has 2 unspecified atom stereocenters. The third kappa shape index (κ3) is 1.56. The molecule has 0 radical (unpaired) electrons. The van der Waals surface area contributed by atoms with Crippen LogP contribution in [0.2, 0.25) is 0 Å². The lowest BCUT2D eigenvalue weighted by molar-refractivity contribution is -0.161. The molecular weight excluding hydrogens is 274 g/mol. The molecule has 0 aromatic heterocycles. The van der Waals surface area contributed by atoms with Gasteiger partial charge >= 0.3 is 5.97 Å². The molecule has 0 aromatic rings. The molecule has 2 rings (SSSR count). The maximum atomic E-state index is 12.0. The molecular formula is C10H13Cl3O3. The van der Waals surface area contributed by atoms with Crippen LogP contribution in [0.5, 0.6) is 0 Å². The standard InChI is InChI=1S/C10H13Cl3O3/c1-7(2,3)15-6(14)10-8(11,12)4-5-9(10,13)16-10/h4-5H2,1-3H3. The SMILES string of the molecule is CC(C)(C)OC(=O)C12OC1(Cl)CCC2(Cl)Cl. The second kappa shape index (κ2) is 3.19. The molecule has 3 nitrogen and oxygen atoms in total. The van der Waals surface area contributed by atoms with Crippen LogP contribution in [0, 0.1) is 0 Å². The smallest absolute Gasteiger partial charge is 0.346 e. The zero-order valence-corrected chi connectivity index (χ0v) is 11.5. The molecule has 0 spiro atoms. The van der Waals surface area contributed by atoms with Gasteiger partial charge in [0.15, 0.2) is 9.39 Å². The van der Waals surface area contributed by atoms with Crippen LogP contribution in [0.25, 0.3) is 0 Å². The molecule has 0 amide bonds. The van der Waals surface area contributed by atoms with Gasteiger partial charge in [0.05, 0.1) is 0 Å². The molecule has 0 bridgehead atoms. The molecule has 1 heterocycles. The summed E-state index contributed by atoms with van der Waals surface area (Å²) in [5.74, 6) is -0.586. The van der Waals surface area contributed by atoms with Gasteiger partial charge in [-0.25, -0.2) is 4.79 Å². The van der Waals surface area contributed by atoms with Gasteiger partial charge < -0.3 is 9.47 Å². The number of alkyl halides is 3. The molecule has 1 aliphatic carbocycles. The number of hydrogen-bond acceptors (Lipinski definition) is 3. The van der Waals surface area contributed by atoms with Crippen molar-refractivity contribution in [3.8, 4) is 0 Å². The summed E-state index contributed by atoms with van der Waals surface area (Å²) in [6.45, 7) is 5.29. The Hall–Kier alpha value is 0.300. The van der Waals surface area contributed by atoms with Gasteiger partial charge in [-0.2, -0.15) is 0 Å². The number of esters is 1. The summed E-state index contributed by atoms with van der Waals surface area (Å²) in [4.78, 5) is 12.0. The number of ether oxygens (including phenoxy) is 2. The fraction of sp³-hybridized carbons (Fsp3) is 0.900. The van der Waals surface area contributed by atoms with E-state index in [0.717, 1.165) is 0 Å². The zero-order chi connectivity index (χ0) is 12.4. The van der Waals surface area contributed by atoms with E-state index < -0.39 is 26.6 Å². The van der Waals surface area contributed by atoms with Crippen molar-refractivity contribution in [2.24, 2.45) is 0 Å². The molecule has 1 aliphatic heterocycles. The maximum Gasteiger partial charge on any atom is 0.346 e. The highest BCUT2D eigenvalue weighted by Gasteiger charge is 2.87. The maximum absolute atomic E-state index is 12.0. The van der Waals surface area contributed by atoms with Crippen LogP contribution in [0.1, 0.15) is 33.6 Å². The average molecular weight is 288 g/mol. The van der Waals surface area contributed by atoms with Crippen molar-refractivity contribution in [2.45, 2.75) is 54.2 Å². The van der Waals surface area contributed by atoms with Crippen LogP contribution >= 0.6 is 34.8 Å². The van der Waals surface area contributed by atoms with Crippen molar-refractivity contribution < 1.29 is 14.3 Å². The van der Waals surface area contributed by atoms with Gasteiger partial charge in [0.25, 0.3) is 0 Å². The van der Waals surface area contributed by atoms with Gasteiger partial charge in [-0.1, -0.05) is 34.8 Å². The highest BCUT2D eigenvalue weighted by atomic mass is 35.5. The van der Waals surface area contributed by atoms with Gasteiger partial charge in [-0.05, 0) is 33.6 Å². The highest BCUT2D eigenvalue weighted by molar-refractivity contribution is 6.53. The Morgan fingerprint density at radius 1 is 1.25 bits per heavy atom. The monoisotopic (exact) mass is 286 g/mol.